The predicted octanol–water partition coefficient (Wildman–Crippen LogP) is 0.358. The third-order valence-electron chi connectivity index (χ3n) is 4.90. The summed E-state index contributed by atoms with van der Waals surface area (Å²) in [6.07, 6.45) is 0.170. The molecule has 1 aromatic heterocycles. The Hall–Kier alpha value is -3.43. The van der Waals surface area contributed by atoms with Gasteiger partial charge in [-0.05, 0) is 10.4 Å². The van der Waals surface area contributed by atoms with Gasteiger partial charge in [0.25, 0.3) is 5.91 Å². The lowest BCUT2D eigenvalue weighted by Crippen LogP contribution is -2.74. The topological polar surface area (TPSA) is 147 Å². The number of tetrazole rings is 1. The summed E-state index contributed by atoms with van der Waals surface area (Å²) in [7, 11) is 1.68. The highest BCUT2D eigenvalue weighted by atomic mass is 32.2. The van der Waals surface area contributed by atoms with Crippen LogP contribution >= 0.6 is 11.8 Å². The van der Waals surface area contributed by atoms with Gasteiger partial charge in [0.05, 0.1) is 6.04 Å². The Labute approximate surface area is 191 Å². The van der Waals surface area contributed by atoms with Crippen molar-refractivity contribution < 1.29 is 38.2 Å². The summed E-state index contributed by atoms with van der Waals surface area (Å²) >= 11 is 1.27. The maximum atomic E-state index is 13.0. The lowest BCUT2D eigenvalue weighted by Gasteiger charge is -2.50. The van der Waals surface area contributed by atoms with Crippen molar-refractivity contribution in [2.75, 3.05) is 25.7 Å². The van der Waals surface area contributed by atoms with Crippen LogP contribution in [0.3, 0.4) is 0 Å². The summed E-state index contributed by atoms with van der Waals surface area (Å²) in [5.41, 5.74) is 0.535. The van der Waals surface area contributed by atoms with E-state index in [4.69, 9.17) is 23.8 Å². The number of hydrogen-bond acceptors (Lipinski definition) is 13. The van der Waals surface area contributed by atoms with Gasteiger partial charge >= 0.3 is 12.3 Å². The van der Waals surface area contributed by atoms with Gasteiger partial charge in [-0.15, -0.1) is 5.10 Å². The highest BCUT2D eigenvalue weighted by molar-refractivity contribution is 7.99. The first-order valence-electron chi connectivity index (χ1n) is 9.66. The lowest BCUT2D eigenvalue weighted by atomic mass is 9.90. The predicted molar refractivity (Wildman–Crippen MR) is 108 cm³/mol. The van der Waals surface area contributed by atoms with Crippen LogP contribution < -0.4 is 0 Å². The second-order valence-electron chi connectivity index (χ2n) is 6.87. The highest BCUT2D eigenvalue weighted by Crippen LogP contribution is 2.46. The quantitative estimate of drug-likeness (QED) is 0.207. The summed E-state index contributed by atoms with van der Waals surface area (Å²) in [4.78, 5) is 43.3. The van der Waals surface area contributed by atoms with Crippen LogP contribution in [0.15, 0.2) is 41.9 Å². The maximum Gasteiger partial charge on any atom is 0.528 e. The molecule has 3 aliphatic heterocycles. The smallest absolute Gasteiger partial charge is 0.430 e. The number of thioether (sulfide) groups is 1. The third kappa shape index (κ3) is 4.29. The average molecular weight is 480 g/mol. The number of carbonyl (C=O) groups is 3. The number of β-lactam (4-membered cyclic amide) rings is 1. The molecule has 33 heavy (non-hydrogen) atoms. The van der Waals surface area contributed by atoms with Crippen LogP contribution in [0.5, 0.6) is 0 Å². The number of hydroxylamine groups is 2. The molecule has 0 bridgehead atoms. The normalized spacial score (nSPS) is 23.5. The molecular formula is C18H20N6O8S. The van der Waals surface area contributed by atoms with Crippen molar-refractivity contribution in [2.45, 2.75) is 23.3 Å². The second kappa shape index (κ2) is 9.60. The van der Waals surface area contributed by atoms with E-state index < -0.39 is 36.4 Å². The Morgan fingerprint density at radius 1 is 1.24 bits per heavy atom. The Bertz CT molecular complexity index is 1010. The first-order chi connectivity index (χ1) is 16.0. The number of aromatic nitrogens is 4. The molecule has 1 unspecified atom stereocenters. The zero-order valence-corrected chi connectivity index (χ0v) is 18.3. The van der Waals surface area contributed by atoms with Crippen molar-refractivity contribution in [1.29, 1.82) is 0 Å². The van der Waals surface area contributed by atoms with Gasteiger partial charge in [0.2, 0.25) is 11.0 Å². The Balaban J connectivity index is 1.53. The van der Waals surface area contributed by atoms with Crippen LogP contribution in [0.4, 0.5) is 9.59 Å². The van der Waals surface area contributed by atoms with E-state index in [0.717, 1.165) is 5.06 Å². The number of carbonyl (C=O) groups excluding carboxylic acids is 3. The van der Waals surface area contributed by atoms with Crippen molar-refractivity contribution in [1.82, 2.24) is 30.2 Å². The van der Waals surface area contributed by atoms with E-state index in [1.807, 2.05) is 0 Å². The van der Waals surface area contributed by atoms with E-state index in [2.05, 4.69) is 28.7 Å². The Morgan fingerprint density at radius 3 is 2.64 bits per heavy atom. The molecule has 2 saturated heterocycles. The fourth-order valence-corrected chi connectivity index (χ4v) is 4.44. The molecule has 3 atom stereocenters. The van der Waals surface area contributed by atoms with Crippen molar-refractivity contribution >= 4 is 30.0 Å². The van der Waals surface area contributed by atoms with E-state index in [-0.39, 0.29) is 31.6 Å². The van der Waals surface area contributed by atoms with Crippen LogP contribution in [0.2, 0.25) is 0 Å². The first-order valence-corrected chi connectivity index (χ1v) is 10.7. The minimum absolute atomic E-state index is 0.0130. The van der Waals surface area contributed by atoms with Crippen molar-refractivity contribution in [2.24, 2.45) is 7.05 Å². The molecule has 3 aliphatic rings. The molecule has 15 heteroatoms. The largest absolute Gasteiger partial charge is 0.528 e. The molecule has 0 saturated carbocycles. The number of hydrogen-bond donors (Lipinski definition) is 0. The molecule has 0 aromatic carbocycles. The van der Waals surface area contributed by atoms with Gasteiger partial charge in [-0.3, -0.25) is 9.69 Å². The standard InChI is InChI=1S/C18H20N6O8S/c1-4-6-28-17(26)31-15-10(8-33-16-19-20-21-22(16)3)13-11-12(14(25)24(11)15)23(9-30-13)32-18(27)29-7-5-2/h4-5,11-13H,1-2,6-9H2,3H3/t11-,12-,13?/m0/s1. The highest BCUT2D eigenvalue weighted by Gasteiger charge is 2.65. The number of nitrogens with zero attached hydrogens (tertiary/aromatic N) is 6. The van der Waals surface area contributed by atoms with Gasteiger partial charge < -0.3 is 23.8 Å². The second-order valence-corrected chi connectivity index (χ2v) is 7.82. The molecule has 0 N–H and O–H groups in total. The van der Waals surface area contributed by atoms with E-state index >= 15 is 0 Å². The summed E-state index contributed by atoms with van der Waals surface area (Å²) in [6.45, 7) is 6.62. The van der Waals surface area contributed by atoms with Gasteiger partial charge in [0.15, 0.2) is 6.04 Å². The van der Waals surface area contributed by atoms with Crippen molar-refractivity contribution in [3.8, 4) is 0 Å². The molecule has 0 spiro atoms. The number of rotatable bonds is 9. The molecule has 1 amide bonds. The van der Waals surface area contributed by atoms with Crippen molar-refractivity contribution in [3.05, 3.63) is 36.8 Å². The van der Waals surface area contributed by atoms with Gasteiger partial charge in [-0.1, -0.05) is 42.1 Å². The molecular weight excluding hydrogens is 460 g/mol. The average Bonchev–Trinajstić information content (AvgIpc) is 3.33. The molecule has 2 fully saturated rings. The van der Waals surface area contributed by atoms with Crippen LogP contribution in [0, 0.1) is 0 Å². The lowest BCUT2D eigenvalue weighted by molar-refractivity contribution is -0.272. The van der Waals surface area contributed by atoms with Crippen LogP contribution in [-0.2, 0) is 35.6 Å². The van der Waals surface area contributed by atoms with E-state index in [1.165, 1.54) is 33.5 Å². The van der Waals surface area contributed by atoms with Crippen LogP contribution in [-0.4, -0.2) is 92.3 Å². The summed E-state index contributed by atoms with van der Waals surface area (Å²) in [5, 5.41) is 12.9. The zero-order valence-electron chi connectivity index (χ0n) is 17.5. The molecule has 176 valence electrons. The SMILES string of the molecule is C=CCOC(=O)OC1=C(CSc2nnnn2C)C2OCN(OC(=O)OCC=C)[C@@H]3C(=O)N1[C@H]23. The van der Waals surface area contributed by atoms with Gasteiger partial charge in [0, 0.05) is 18.4 Å². The fraction of sp³-hybridized carbons (Fsp3) is 0.444. The first kappa shape index (κ1) is 22.8. The zero-order chi connectivity index (χ0) is 23.5. The van der Waals surface area contributed by atoms with E-state index in [1.54, 1.807) is 7.05 Å². The fourth-order valence-electron chi connectivity index (χ4n) is 3.55. The van der Waals surface area contributed by atoms with Gasteiger partial charge in [-0.25, -0.2) is 14.3 Å². The van der Waals surface area contributed by atoms with Crippen LogP contribution in [0.1, 0.15) is 0 Å². The third-order valence-corrected chi connectivity index (χ3v) is 5.96. The monoisotopic (exact) mass is 480 g/mol. The number of ether oxygens (including phenoxy) is 4. The van der Waals surface area contributed by atoms with E-state index in [0.29, 0.717) is 10.7 Å². The minimum Gasteiger partial charge on any atom is -0.430 e. The van der Waals surface area contributed by atoms with Crippen molar-refractivity contribution in [3.63, 3.8) is 0 Å². The Kier molecular flexibility index (Phi) is 6.62. The van der Waals surface area contributed by atoms with Crippen LogP contribution in [0.25, 0.3) is 0 Å². The molecule has 4 heterocycles. The maximum absolute atomic E-state index is 13.0. The number of aryl methyl sites for hydroxylation is 1. The summed E-state index contributed by atoms with van der Waals surface area (Å²) < 4.78 is 22.4. The van der Waals surface area contributed by atoms with Gasteiger partial charge in [0.1, 0.15) is 26.0 Å². The summed E-state index contributed by atoms with van der Waals surface area (Å²) in [5.74, 6) is -0.159. The molecule has 4 rings (SSSR count). The number of amides is 1. The summed E-state index contributed by atoms with van der Waals surface area (Å²) in [6, 6.07) is -1.41. The molecule has 0 aliphatic carbocycles. The molecule has 1 aromatic rings. The molecule has 0 radical (unpaired) electrons. The van der Waals surface area contributed by atoms with E-state index in [9.17, 15) is 14.4 Å². The van der Waals surface area contributed by atoms with Gasteiger partial charge in [-0.2, -0.15) is 0 Å². The minimum atomic E-state index is -0.997. The molecule has 14 nitrogen and oxygen atoms in total. The Morgan fingerprint density at radius 2 is 1.97 bits per heavy atom.